The number of guanidine groups is 1. The van der Waals surface area contributed by atoms with E-state index in [-0.39, 0.29) is 24.0 Å². The van der Waals surface area contributed by atoms with E-state index in [1.807, 2.05) is 13.1 Å². The Morgan fingerprint density at radius 3 is 2.78 bits per heavy atom. The zero-order valence-electron chi connectivity index (χ0n) is 16.9. The van der Waals surface area contributed by atoms with E-state index < -0.39 is 0 Å². The third-order valence-electron chi connectivity index (χ3n) is 4.72. The Labute approximate surface area is 181 Å². The molecule has 1 aromatic carbocycles. The summed E-state index contributed by atoms with van der Waals surface area (Å²) in [6, 6.07) is 10.4. The summed E-state index contributed by atoms with van der Waals surface area (Å²) in [6.07, 6.45) is 1.16. The van der Waals surface area contributed by atoms with Gasteiger partial charge < -0.3 is 24.6 Å². The van der Waals surface area contributed by atoms with Crippen molar-refractivity contribution in [3.8, 4) is 0 Å². The van der Waals surface area contributed by atoms with Crippen molar-refractivity contribution in [2.75, 3.05) is 67.1 Å². The predicted octanol–water partition coefficient (Wildman–Crippen LogP) is 2.30. The van der Waals surface area contributed by atoms with Crippen molar-refractivity contribution in [2.45, 2.75) is 13.0 Å². The molecule has 0 radical (unpaired) electrons. The molecular formula is C20H35IN4O2. The minimum Gasteiger partial charge on any atom is -0.383 e. The fraction of sp³-hybridized carbons (Fsp3) is 0.650. The highest BCUT2D eigenvalue weighted by Crippen LogP contribution is 2.17. The Kier molecular flexibility index (Phi) is 12.6. The van der Waals surface area contributed by atoms with E-state index in [4.69, 9.17) is 9.47 Å². The summed E-state index contributed by atoms with van der Waals surface area (Å²) >= 11 is 0. The number of likely N-dealkylation sites (tertiary alicyclic amines) is 1. The summed E-state index contributed by atoms with van der Waals surface area (Å²) in [5.74, 6) is 1.57. The highest BCUT2D eigenvalue weighted by molar-refractivity contribution is 14.0. The Balaban J connectivity index is 0.00000364. The second kappa shape index (κ2) is 14.1. The average Bonchev–Trinajstić information content (AvgIpc) is 3.13. The lowest BCUT2D eigenvalue weighted by Gasteiger charge is -2.23. The summed E-state index contributed by atoms with van der Waals surface area (Å²) in [5, 5.41) is 3.47. The van der Waals surface area contributed by atoms with Gasteiger partial charge in [0, 0.05) is 52.8 Å². The molecule has 0 spiro atoms. The maximum atomic E-state index is 5.91. The molecule has 1 aliphatic heterocycles. The van der Waals surface area contributed by atoms with Crippen LogP contribution in [0.3, 0.4) is 0 Å². The van der Waals surface area contributed by atoms with Crippen LogP contribution in [0.5, 0.6) is 0 Å². The predicted molar refractivity (Wildman–Crippen MR) is 122 cm³/mol. The minimum absolute atomic E-state index is 0. The van der Waals surface area contributed by atoms with Crippen LogP contribution in [0.2, 0.25) is 0 Å². The molecule has 1 heterocycles. The van der Waals surface area contributed by atoms with Crippen molar-refractivity contribution < 1.29 is 9.47 Å². The molecular weight excluding hydrogens is 455 g/mol. The molecule has 1 aromatic rings. The van der Waals surface area contributed by atoms with Gasteiger partial charge in [0.2, 0.25) is 0 Å². The summed E-state index contributed by atoms with van der Waals surface area (Å²) in [7, 11) is 5.71. The third kappa shape index (κ3) is 9.23. The van der Waals surface area contributed by atoms with Crippen molar-refractivity contribution in [3.63, 3.8) is 0 Å². The average molecular weight is 490 g/mol. The number of benzene rings is 1. The molecule has 0 saturated carbocycles. The normalized spacial score (nSPS) is 17.3. The molecule has 1 N–H and O–H groups in total. The Hall–Kier alpha value is -0.900. The van der Waals surface area contributed by atoms with E-state index in [9.17, 15) is 0 Å². The number of methoxy groups -OCH3 is 1. The standard InChI is InChI=1S/C20H34N4O2.HI/c1-21-20(22-10-12-23(2)13-14-25-3)24-11-9-19(15-24)17-26-16-18-7-5-4-6-8-18;/h4-8,19H,9-17H2,1-3H3,(H,21,22);1H. The number of nitrogens with one attached hydrogen (secondary N) is 1. The second-order valence-corrected chi connectivity index (χ2v) is 6.87. The summed E-state index contributed by atoms with van der Waals surface area (Å²) in [6.45, 7) is 7.12. The van der Waals surface area contributed by atoms with Gasteiger partial charge in [-0.25, -0.2) is 0 Å². The zero-order valence-corrected chi connectivity index (χ0v) is 19.2. The summed E-state index contributed by atoms with van der Waals surface area (Å²) < 4.78 is 11.0. The summed E-state index contributed by atoms with van der Waals surface area (Å²) in [4.78, 5) is 9.04. The van der Waals surface area contributed by atoms with Crippen LogP contribution in [0.15, 0.2) is 35.3 Å². The van der Waals surface area contributed by atoms with E-state index in [0.29, 0.717) is 12.5 Å². The zero-order chi connectivity index (χ0) is 18.6. The number of likely N-dealkylation sites (N-methyl/N-ethyl adjacent to an activating group) is 1. The molecule has 1 aliphatic rings. The van der Waals surface area contributed by atoms with Crippen LogP contribution in [0.1, 0.15) is 12.0 Å². The van der Waals surface area contributed by atoms with Gasteiger partial charge in [-0.3, -0.25) is 4.99 Å². The molecule has 7 heteroatoms. The first-order valence-corrected chi connectivity index (χ1v) is 9.47. The topological polar surface area (TPSA) is 49.3 Å². The molecule has 154 valence electrons. The number of hydrogen-bond acceptors (Lipinski definition) is 4. The van der Waals surface area contributed by atoms with Crippen LogP contribution in [0, 0.1) is 5.92 Å². The molecule has 1 saturated heterocycles. The second-order valence-electron chi connectivity index (χ2n) is 6.87. The van der Waals surface area contributed by atoms with Crippen LogP contribution in [0.4, 0.5) is 0 Å². The lowest BCUT2D eigenvalue weighted by molar-refractivity contribution is 0.0906. The lowest BCUT2D eigenvalue weighted by Crippen LogP contribution is -2.43. The molecule has 0 amide bonds. The molecule has 6 nitrogen and oxygen atoms in total. The molecule has 0 bridgehead atoms. The number of hydrogen-bond donors (Lipinski definition) is 1. The molecule has 1 fully saturated rings. The molecule has 1 unspecified atom stereocenters. The first-order chi connectivity index (χ1) is 12.7. The highest BCUT2D eigenvalue weighted by Gasteiger charge is 2.24. The minimum atomic E-state index is 0. The van der Waals surface area contributed by atoms with E-state index in [1.165, 1.54) is 5.56 Å². The molecule has 27 heavy (non-hydrogen) atoms. The van der Waals surface area contributed by atoms with Gasteiger partial charge in [0.25, 0.3) is 0 Å². The third-order valence-corrected chi connectivity index (χ3v) is 4.72. The quantitative estimate of drug-likeness (QED) is 0.310. The Morgan fingerprint density at radius 1 is 1.30 bits per heavy atom. The molecule has 0 aromatic heterocycles. The smallest absolute Gasteiger partial charge is 0.193 e. The van der Waals surface area contributed by atoms with Gasteiger partial charge in [-0.1, -0.05) is 30.3 Å². The number of nitrogens with zero attached hydrogens (tertiary/aromatic N) is 3. The van der Waals surface area contributed by atoms with Gasteiger partial charge in [-0.05, 0) is 19.0 Å². The number of rotatable bonds is 10. The molecule has 0 aliphatic carbocycles. The highest BCUT2D eigenvalue weighted by atomic mass is 127. The lowest BCUT2D eigenvalue weighted by atomic mass is 10.1. The maximum absolute atomic E-state index is 5.91. The largest absolute Gasteiger partial charge is 0.383 e. The van der Waals surface area contributed by atoms with Crippen molar-refractivity contribution in [2.24, 2.45) is 10.9 Å². The Bertz CT molecular complexity index is 530. The first kappa shape index (κ1) is 24.1. The van der Waals surface area contributed by atoms with Gasteiger partial charge in [0.1, 0.15) is 0 Å². The fourth-order valence-corrected chi connectivity index (χ4v) is 3.13. The number of ether oxygens (including phenoxy) is 2. The van der Waals surface area contributed by atoms with E-state index in [2.05, 4.69) is 51.4 Å². The monoisotopic (exact) mass is 490 g/mol. The first-order valence-electron chi connectivity index (χ1n) is 9.47. The van der Waals surface area contributed by atoms with Gasteiger partial charge in [-0.15, -0.1) is 24.0 Å². The van der Waals surface area contributed by atoms with Crippen molar-refractivity contribution in [3.05, 3.63) is 35.9 Å². The number of aliphatic imine (C=N–C) groups is 1. The van der Waals surface area contributed by atoms with Crippen LogP contribution in [0.25, 0.3) is 0 Å². The van der Waals surface area contributed by atoms with Gasteiger partial charge in [0.05, 0.1) is 19.8 Å². The van der Waals surface area contributed by atoms with E-state index in [0.717, 1.165) is 58.3 Å². The van der Waals surface area contributed by atoms with Gasteiger partial charge in [0.15, 0.2) is 5.96 Å². The Morgan fingerprint density at radius 2 is 2.07 bits per heavy atom. The van der Waals surface area contributed by atoms with Crippen molar-refractivity contribution >= 4 is 29.9 Å². The maximum Gasteiger partial charge on any atom is 0.193 e. The summed E-state index contributed by atoms with van der Waals surface area (Å²) in [5.41, 5.74) is 1.23. The van der Waals surface area contributed by atoms with Crippen molar-refractivity contribution in [1.29, 1.82) is 0 Å². The van der Waals surface area contributed by atoms with Gasteiger partial charge in [-0.2, -0.15) is 0 Å². The van der Waals surface area contributed by atoms with Crippen molar-refractivity contribution in [1.82, 2.24) is 15.1 Å². The van der Waals surface area contributed by atoms with Crippen LogP contribution in [-0.2, 0) is 16.1 Å². The van der Waals surface area contributed by atoms with Gasteiger partial charge >= 0.3 is 0 Å². The molecule has 2 rings (SSSR count). The van der Waals surface area contributed by atoms with Crippen LogP contribution in [-0.4, -0.2) is 82.9 Å². The SMILES string of the molecule is CN=C(NCCN(C)CCOC)N1CCC(COCc2ccccc2)C1.I. The van der Waals surface area contributed by atoms with Crippen LogP contribution < -0.4 is 5.32 Å². The van der Waals surface area contributed by atoms with Crippen LogP contribution >= 0.6 is 24.0 Å². The van der Waals surface area contributed by atoms with E-state index >= 15 is 0 Å². The van der Waals surface area contributed by atoms with E-state index in [1.54, 1.807) is 7.11 Å². The number of halogens is 1. The fourth-order valence-electron chi connectivity index (χ4n) is 3.13. The molecule has 1 atom stereocenters.